The molecule has 0 spiro atoms. The first-order chi connectivity index (χ1) is 8.24. The fourth-order valence-corrected chi connectivity index (χ4v) is 1.66. The summed E-state index contributed by atoms with van der Waals surface area (Å²) in [7, 11) is 1.92. The Balaban J connectivity index is 2.17. The lowest BCUT2D eigenvalue weighted by atomic mass is 10.2. The highest BCUT2D eigenvalue weighted by Gasteiger charge is 2.06. The molecule has 3 rings (SSSR count). The first-order valence-corrected chi connectivity index (χ1v) is 5.31. The average molecular weight is 225 g/mol. The molecule has 0 aliphatic carbocycles. The molecule has 0 saturated heterocycles. The van der Waals surface area contributed by atoms with Crippen molar-refractivity contribution in [1.82, 2.24) is 24.5 Å². The number of aromatic nitrogens is 5. The molecule has 84 valence electrons. The molecule has 0 atom stereocenters. The third-order valence-electron chi connectivity index (χ3n) is 2.62. The Bertz CT molecular complexity index is 669. The highest BCUT2D eigenvalue weighted by Crippen LogP contribution is 2.16. The van der Waals surface area contributed by atoms with E-state index in [1.807, 2.05) is 30.7 Å². The molecule has 0 aliphatic rings. The number of aryl methyl sites for hydroxylation is 2. The van der Waals surface area contributed by atoms with Crippen LogP contribution in [0.2, 0.25) is 0 Å². The molecule has 0 unspecified atom stereocenters. The lowest BCUT2D eigenvalue weighted by molar-refractivity contribution is 0.929. The van der Waals surface area contributed by atoms with Crippen LogP contribution in [-0.4, -0.2) is 24.5 Å². The van der Waals surface area contributed by atoms with Gasteiger partial charge in [-0.2, -0.15) is 0 Å². The van der Waals surface area contributed by atoms with Crippen molar-refractivity contribution in [2.24, 2.45) is 7.05 Å². The molecule has 0 N–H and O–H groups in total. The molecule has 3 aromatic rings. The molecule has 0 bridgehead atoms. The monoisotopic (exact) mass is 225 g/mol. The van der Waals surface area contributed by atoms with Crippen LogP contribution in [0.15, 0.2) is 30.9 Å². The van der Waals surface area contributed by atoms with E-state index in [4.69, 9.17) is 0 Å². The van der Waals surface area contributed by atoms with E-state index in [0.29, 0.717) is 5.82 Å². The van der Waals surface area contributed by atoms with Crippen molar-refractivity contribution < 1.29 is 0 Å². The van der Waals surface area contributed by atoms with Crippen molar-refractivity contribution in [3.8, 4) is 11.4 Å². The largest absolute Gasteiger partial charge is 0.318 e. The van der Waals surface area contributed by atoms with Crippen molar-refractivity contribution in [2.45, 2.75) is 6.92 Å². The molecule has 5 heteroatoms. The number of nitrogens with zero attached hydrogens (tertiary/aromatic N) is 5. The van der Waals surface area contributed by atoms with E-state index in [0.717, 1.165) is 22.4 Å². The molecule has 0 amide bonds. The summed E-state index contributed by atoms with van der Waals surface area (Å²) in [5, 5.41) is 0. The number of fused-ring (bicyclic) bond motifs is 1. The van der Waals surface area contributed by atoms with Crippen molar-refractivity contribution in [1.29, 1.82) is 0 Å². The van der Waals surface area contributed by atoms with Gasteiger partial charge in [0.05, 0.1) is 12.5 Å². The van der Waals surface area contributed by atoms with Gasteiger partial charge in [-0.15, -0.1) is 0 Å². The van der Waals surface area contributed by atoms with Gasteiger partial charge in [-0.1, -0.05) is 0 Å². The van der Waals surface area contributed by atoms with Crippen LogP contribution in [0.25, 0.3) is 22.6 Å². The smallest absolute Gasteiger partial charge is 0.163 e. The highest BCUT2D eigenvalue weighted by molar-refractivity contribution is 5.72. The second kappa shape index (κ2) is 3.62. The first-order valence-electron chi connectivity index (χ1n) is 5.31. The molecule has 0 saturated carbocycles. The second-order valence-electron chi connectivity index (χ2n) is 3.95. The van der Waals surface area contributed by atoms with Crippen LogP contribution in [0.1, 0.15) is 5.69 Å². The summed E-state index contributed by atoms with van der Waals surface area (Å²) in [5.41, 5.74) is 3.53. The van der Waals surface area contributed by atoms with Crippen LogP contribution in [0.4, 0.5) is 0 Å². The van der Waals surface area contributed by atoms with E-state index in [1.54, 1.807) is 18.7 Å². The van der Waals surface area contributed by atoms with Crippen LogP contribution in [0.3, 0.4) is 0 Å². The molecule has 3 aromatic heterocycles. The standard InChI is InChI=1S/C12H11N5/c1-8-3-4-9(5-13-8)11-14-6-10-12(16-11)17(2)7-15-10/h3-7H,1-2H3. The zero-order chi connectivity index (χ0) is 11.8. The first kappa shape index (κ1) is 9.89. The predicted octanol–water partition coefficient (Wildman–Crippen LogP) is 1.73. The van der Waals surface area contributed by atoms with E-state index in [2.05, 4.69) is 19.9 Å². The van der Waals surface area contributed by atoms with Crippen LogP contribution in [0.5, 0.6) is 0 Å². The molecular formula is C12H11N5. The summed E-state index contributed by atoms with van der Waals surface area (Å²) in [5.74, 6) is 0.675. The zero-order valence-electron chi connectivity index (χ0n) is 9.62. The summed E-state index contributed by atoms with van der Waals surface area (Å²) in [6.07, 6.45) is 5.25. The van der Waals surface area contributed by atoms with Gasteiger partial charge in [0.15, 0.2) is 11.5 Å². The minimum Gasteiger partial charge on any atom is -0.318 e. The van der Waals surface area contributed by atoms with Crippen LogP contribution in [0, 0.1) is 6.92 Å². The molecule has 0 fully saturated rings. The number of pyridine rings is 1. The van der Waals surface area contributed by atoms with Gasteiger partial charge in [-0.3, -0.25) is 4.98 Å². The van der Waals surface area contributed by atoms with E-state index < -0.39 is 0 Å². The van der Waals surface area contributed by atoms with Crippen LogP contribution in [-0.2, 0) is 7.05 Å². The SMILES string of the molecule is Cc1ccc(-c2ncc3ncn(C)c3n2)cn1. The van der Waals surface area contributed by atoms with Gasteiger partial charge in [0.25, 0.3) is 0 Å². The van der Waals surface area contributed by atoms with Gasteiger partial charge < -0.3 is 4.57 Å². The lowest BCUT2D eigenvalue weighted by Crippen LogP contribution is -1.94. The lowest BCUT2D eigenvalue weighted by Gasteiger charge is -2.00. The van der Waals surface area contributed by atoms with E-state index in [1.165, 1.54) is 0 Å². The Labute approximate surface area is 98.2 Å². The minimum absolute atomic E-state index is 0.675. The van der Waals surface area contributed by atoms with E-state index in [9.17, 15) is 0 Å². The zero-order valence-corrected chi connectivity index (χ0v) is 9.62. The minimum atomic E-state index is 0.675. The Morgan fingerprint density at radius 1 is 1.06 bits per heavy atom. The summed E-state index contributed by atoms with van der Waals surface area (Å²) in [4.78, 5) is 17.2. The molecular weight excluding hydrogens is 214 g/mol. The van der Waals surface area contributed by atoms with Gasteiger partial charge in [-0.25, -0.2) is 15.0 Å². The Hall–Kier alpha value is -2.30. The van der Waals surface area contributed by atoms with Gasteiger partial charge in [0.2, 0.25) is 0 Å². The maximum Gasteiger partial charge on any atom is 0.163 e. The summed E-state index contributed by atoms with van der Waals surface area (Å²) in [6.45, 7) is 1.95. The van der Waals surface area contributed by atoms with Crippen molar-refractivity contribution >= 4 is 11.2 Å². The Morgan fingerprint density at radius 3 is 2.71 bits per heavy atom. The molecule has 3 heterocycles. The average Bonchev–Trinajstić information content (AvgIpc) is 2.72. The maximum absolute atomic E-state index is 4.48. The Morgan fingerprint density at radius 2 is 1.94 bits per heavy atom. The second-order valence-corrected chi connectivity index (χ2v) is 3.95. The molecule has 0 aliphatic heterocycles. The summed E-state index contributed by atoms with van der Waals surface area (Å²) < 4.78 is 1.88. The van der Waals surface area contributed by atoms with E-state index in [-0.39, 0.29) is 0 Å². The maximum atomic E-state index is 4.48. The van der Waals surface area contributed by atoms with Gasteiger partial charge in [0, 0.05) is 24.5 Å². The number of hydrogen-bond acceptors (Lipinski definition) is 4. The van der Waals surface area contributed by atoms with Crippen molar-refractivity contribution in [2.75, 3.05) is 0 Å². The van der Waals surface area contributed by atoms with Gasteiger partial charge >= 0.3 is 0 Å². The van der Waals surface area contributed by atoms with E-state index >= 15 is 0 Å². The third kappa shape index (κ3) is 1.65. The molecule has 5 nitrogen and oxygen atoms in total. The normalized spacial score (nSPS) is 10.9. The Kier molecular flexibility index (Phi) is 2.11. The quantitative estimate of drug-likeness (QED) is 0.633. The highest BCUT2D eigenvalue weighted by atomic mass is 15.1. The van der Waals surface area contributed by atoms with Gasteiger partial charge in [-0.05, 0) is 19.1 Å². The summed E-state index contributed by atoms with van der Waals surface area (Å²) in [6, 6.07) is 3.92. The fraction of sp³-hybridized carbons (Fsp3) is 0.167. The third-order valence-corrected chi connectivity index (χ3v) is 2.62. The molecule has 0 aromatic carbocycles. The van der Waals surface area contributed by atoms with Crippen molar-refractivity contribution in [3.63, 3.8) is 0 Å². The molecule has 17 heavy (non-hydrogen) atoms. The van der Waals surface area contributed by atoms with Crippen LogP contribution >= 0.6 is 0 Å². The molecule has 0 radical (unpaired) electrons. The fourth-order valence-electron chi connectivity index (χ4n) is 1.66. The number of rotatable bonds is 1. The number of hydrogen-bond donors (Lipinski definition) is 0. The summed E-state index contributed by atoms with van der Waals surface area (Å²) >= 11 is 0. The van der Waals surface area contributed by atoms with Crippen molar-refractivity contribution in [3.05, 3.63) is 36.5 Å². The predicted molar refractivity (Wildman–Crippen MR) is 64.3 cm³/mol. The topological polar surface area (TPSA) is 56.5 Å². The van der Waals surface area contributed by atoms with Crippen LogP contribution < -0.4 is 0 Å². The van der Waals surface area contributed by atoms with Gasteiger partial charge in [0.1, 0.15) is 5.52 Å². The number of imidazole rings is 1.